The molecule has 1 aliphatic heterocycles. The molecule has 0 aromatic carbocycles. The lowest BCUT2D eigenvalue weighted by Gasteiger charge is -1.99. The number of epoxide rings is 1. The van der Waals surface area contributed by atoms with Crippen LogP contribution in [0.1, 0.15) is 51.9 Å². The number of carbonyl (C=O) groups excluding carboxylic acids is 1. The number of carbonyl (C=O) groups is 1. The van der Waals surface area contributed by atoms with Gasteiger partial charge in [0, 0.05) is 13.0 Å². The van der Waals surface area contributed by atoms with Crippen molar-refractivity contribution in [2.24, 2.45) is 0 Å². The minimum Gasteiger partial charge on any atom is -0.395 e. The Morgan fingerprint density at radius 1 is 1.00 bits per heavy atom. The Balaban J connectivity index is 2.00. The molecule has 1 amide bonds. The van der Waals surface area contributed by atoms with E-state index in [1.165, 1.54) is 0 Å². The van der Waals surface area contributed by atoms with Crippen molar-refractivity contribution in [3.63, 3.8) is 0 Å². The number of nitrogens with one attached hydrogen (secondary N) is 1. The number of allylic oxidation sites excluding steroid dienone is 8. The lowest BCUT2D eigenvalue weighted by atomic mass is 10.1. The summed E-state index contributed by atoms with van der Waals surface area (Å²) in [4.78, 5) is 11.3. The summed E-state index contributed by atoms with van der Waals surface area (Å²) in [6, 6.07) is 0. The van der Waals surface area contributed by atoms with Crippen molar-refractivity contribution in [1.82, 2.24) is 5.32 Å². The highest BCUT2D eigenvalue weighted by Crippen LogP contribution is 2.29. The van der Waals surface area contributed by atoms with Crippen LogP contribution in [-0.2, 0) is 9.53 Å². The summed E-state index contributed by atoms with van der Waals surface area (Å²) in [6.07, 6.45) is 25.7. The van der Waals surface area contributed by atoms with E-state index in [0.29, 0.717) is 19.4 Å². The predicted molar refractivity (Wildman–Crippen MR) is 118 cm³/mol. The zero-order valence-corrected chi connectivity index (χ0v) is 17.6. The molecule has 3 N–H and O–H groups in total. The summed E-state index contributed by atoms with van der Waals surface area (Å²) >= 11 is 0. The third kappa shape index (κ3) is 13.8. The van der Waals surface area contributed by atoms with E-state index < -0.39 is 6.10 Å². The van der Waals surface area contributed by atoms with E-state index in [2.05, 4.69) is 54.8 Å². The first kappa shape index (κ1) is 25.1. The lowest BCUT2D eigenvalue weighted by molar-refractivity contribution is -0.121. The first-order valence-electron chi connectivity index (χ1n) is 10.7. The van der Waals surface area contributed by atoms with Crippen molar-refractivity contribution in [2.75, 3.05) is 13.2 Å². The highest BCUT2D eigenvalue weighted by Gasteiger charge is 2.42. The molecule has 1 heterocycles. The molecule has 5 nitrogen and oxygen atoms in total. The summed E-state index contributed by atoms with van der Waals surface area (Å²) < 4.78 is 5.50. The zero-order valence-electron chi connectivity index (χ0n) is 17.6. The van der Waals surface area contributed by atoms with Crippen LogP contribution in [0.15, 0.2) is 60.8 Å². The molecular formula is C24H37NO4. The molecule has 1 fully saturated rings. The maximum atomic E-state index is 11.3. The summed E-state index contributed by atoms with van der Waals surface area (Å²) in [5.74, 6) is -0.0282. The molecule has 1 aliphatic rings. The largest absolute Gasteiger partial charge is 0.395 e. The van der Waals surface area contributed by atoms with Crippen LogP contribution in [0, 0.1) is 0 Å². The van der Waals surface area contributed by atoms with E-state index in [0.717, 1.165) is 32.1 Å². The summed E-state index contributed by atoms with van der Waals surface area (Å²) in [7, 11) is 0. The quantitative estimate of drug-likeness (QED) is 0.271. The van der Waals surface area contributed by atoms with Gasteiger partial charge in [-0.1, -0.05) is 67.7 Å². The molecule has 2 unspecified atom stereocenters. The Labute approximate surface area is 175 Å². The number of hydrogen-bond donors (Lipinski definition) is 3. The Kier molecular flexibility index (Phi) is 14.7. The Morgan fingerprint density at radius 2 is 1.66 bits per heavy atom. The van der Waals surface area contributed by atoms with Crippen molar-refractivity contribution in [2.45, 2.75) is 70.2 Å². The van der Waals surface area contributed by atoms with Crippen molar-refractivity contribution in [1.29, 1.82) is 0 Å². The van der Waals surface area contributed by atoms with Crippen LogP contribution in [0.3, 0.4) is 0 Å². The number of hydrogen-bond acceptors (Lipinski definition) is 4. The minimum atomic E-state index is -0.518. The molecule has 162 valence electrons. The highest BCUT2D eigenvalue weighted by molar-refractivity contribution is 5.75. The SMILES string of the molecule is CC/C=C\CC1OC1[C@@H](O)/C=C\C/C=C\C/C=C\C/C=C\CCC(=O)NCCO. The maximum absolute atomic E-state index is 11.3. The number of amides is 1. The van der Waals surface area contributed by atoms with Gasteiger partial charge in [-0.2, -0.15) is 0 Å². The zero-order chi connectivity index (χ0) is 21.2. The van der Waals surface area contributed by atoms with Crippen LogP contribution < -0.4 is 5.32 Å². The van der Waals surface area contributed by atoms with Gasteiger partial charge in [0.25, 0.3) is 0 Å². The number of ether oxygens (including phenoxy) is 1. The molecule has 0 aromatic rings. The van der Waals surface area contributed by atoms with Crippen molar-refractivity contribution in [3.8, 4) is 0 Å². The number of rotatable bonds is 16. The molecule has 0 bridgehead atoms. The minimum absolute atomic E-state index is 0.0217. The number of aliphatic hydroxyl groups excluding tert-OH is 2. The second kappa shape index (κ2) is 17.0. The summed E-state index contributed by atoms with van der Waals surface area (Å²) in [6.45, 7) is 2.40. The topological polar surface area (TPSA) is 82.1 Å². The molecular weight excluding hydrogens is 366 g/mol. The van der Waals surface area contributed by atoms with E-state index in [4.69, 9.17) is 9.84 Å². The van der Waals surface area contributed by atoms with Gasteiger partial charge >= 0.3 is 0 Å². The van der Waals surface area contributed by atoms with Crippen LogP contribution in [0.4, 0.5) is 0 Å². The first-order chi connectivity index (χ1) is 14.2. The van der Waals surface area contributed by atoms with Crippen molar-refractivity contribution >= 4 is 5.91 Å². The van der Waals surface area contributed by atoms with Gasteiger partial charge in [-0.05, 0) is 38.5 Å². The van der Waals surface area contributed by atoms with Gasteiger partial charge in [-0.25, -0.2) is 0 Å². The van der Waals surface area contributed by atoms with E-state index in [1.54, 1.807) is 0 Å². The number of aliphatic hydroxyl groups is 2. The summed E-state index contributed by atoms with van der Waals surface area (Å²) in [5.41, 5.74) is 0. The molecule has 29 heavy (non-hydrogen) atoms. The van der Waals surface area contributed by atoms with Gasteiger partial charge in [0.2, 0.25) is 5.91 Å². The monoisotopic (exact) mass is 403 g/mol. The maximum Gasteiger partial charge on any atom is 0.220 e. The second-order valence-corrected chi connectivity index (χ2v) is 6.91. The predicted octanol–water partition coefficient (Wildman–Crippen LogP) is 3.75. The normalized spacial score (nSPS) is 20.7. The van der Waals surface area contributed by atoms with Gasteiger partial charge < -0.3 is 20.3 Å². The third-order valence-electron chi connectivity index (χ3n) is 4.35. The van der Waals surface area contributed by atoms with Crippen LogP contribution in [0.25, 0.3) is 0 Å². The second-order valence-electron chi connectivity index (χ2n) is 6.91. The fourth-order valence-corrected chi connectivity index (χ4v) is 2.70. The molecule has 0 aromatic heterocycles. The average Bonchev–Trinajstić information content (AvgIpc) is 3.49. The Bertz CT molecular complexity index is 577. The average molecular weight is 404 g/mol. The van der Waals surface area contributed by atoms with Gasteiger partial charge in [-0.15, -0.1) is 0 Å². The fraction of sp³-hybridized carbons (Fsp3) is 0.542. The van der Waals surface area contributed by atoms with Gasteiger partial charge in [0.15, 0.2) is 0 Å². The first-order valence-corrected chi connectivity index (χ1v) is 10.7. The van der Waals surface area contributed by atoms with E-state index in [1.807, 2.05) is 18.2 Å². The van der Waals surface area contributed by atoms with E-state index >= 15 is 0 Å². The molecule has 0 aliphatic carbocycles. The van der Waals surface area contributed by atoms with Crippen LogP contribution >= 0.6 is 0 Å². The standard InChI is InChI=1S/C24H37NO4/c1-2-3-13-17-22-24(29-22)21(27)16-14-11-9-7-5-4-6-8-10-12-15-18-23(28)25-19-20-26/h3-4,6-7,9-10,12-14,16,21-22,24,26-27H,2,5,8,11,15,17-20H2,1H3,(H,25,28)/b6-4-,9-7-,12-10-,13-3-,16-14-/t21-,22?,24?/m0/s1. The van der Waals surface area contributed by atoms with E-state index in [-0.39, 0.29) is 24.7 Å². The molecule has 0 spiro atoms. The van der Waals surface area contributed by atoms with Gasteiger partial charge in [0.1, 0.15) is 12.2 Å². The van der Waals surface area contributed by atoms with Gasteiger partial charge in [-0.3, -0.25) is 4.79 Å². The third-order valence-corrected chi connectivity index (χ3v) is 4.35. The molecule has 1 rings (SSSR count). The smallest absolute Gasteiger partial charge is 0.220 e. The van der Waals surface area contributed by atoms with Crippen LogP contribution in [-0.4, -0.2) is 47.6 Å². The molecule has 0 saturated carbocycles. The fourth-order valence-electron chi connectivity index (χ4n) is 2.70. The summed E-state index contributed by atoms with van der Waals surface area (Å²) in [5, 5.41) is 21.3. The van der Waals surface area contributed by atoms with Crippen molar-refractivity contribution in [3.05, 3.63) is 60.8 Å². The highest BCUT2D eigenvalue weighted by atomic mass is 16.6. The molecule has 5 heteroatoms. The van der Waals surface area contributed by atoms with E-state index in [9.17, 15) is 9.90 Å². The lowest BCUT2D eigenvalue weighted by Crippen LogP contribution is -2.25. The molecule has 3 atom stereocenters. The Hall–Kier alpha value is -1.95. The van der Waals surface area contributed by atoms with Crippen LogP contribution in [0.5, 0.6) is 0 Å². The van der Waals surface area contributed by atoms with Gasteiger partial charge in [0.05, 0.1) is 12.7 Å². The van der Waals surface area contributed by atoms with Crippen LogP contribution in [0.2, 0.25) is 0 Å². The van der Waals surface area contributed by atoms with Crippen molar-refractivity contribution < 1.29 is 19.7 Å². The Morgan fingerprint density at radius 3 is 2.31 bits per heavy atom. The molecule has 1 saturated heterocycles. The molecule has 0 radical (unpaired) electrons.